The van der Waals surface area contributed by atoms with Gasteiger partial charge in [-0.15, -0.1) is 0 Å². The topological polar surface area (TPSA) is 17.1 Å². The lowest BCUT2D eigenvalue weighted by atomic mass is 10.1. The lowest BCUT2D eigenvalue weighted by molar-refractivity contribution is 0.101. The van der Waals surface area contributed by atoms with Crippen LogP contribution in [0.5, 0.6) is 0 Å². The summed E-state index contributed by atoms with van der Waals surface area (Å²) in [6.07, 6.45) is 0. The molecular weight excluding hydrogens is 291 g/mol. The average molecular weight is 296 g/mol. The first kappa shape index (κ1) is 9.86. The van der Waals surface area contributed by atoms with Crippen LogP contribution in [-0.4, -0.2) is 5.78 Å². The van der Waals surface area contributed by atoms with Crippen molar-refractivity contribution in [2.24, 2.45) is 0 Å². The standard InChI is InChI=1S/C8H5Br2FO/c1-4(12)7-5(9)2-3-6(11)8(7)10/h2-3H,1H3. The Labute approximate surface area is 86.2 Å². The Balaban J connectivity index is 3.43. The van der Waals surface area contributed by atoms with Gasteiger partial charge in [-0.05, 0) is 35.0 Å². The molecular formula is C8H5Br2FO. The third kappa shape index (κ3) is 1.75. The highest BCUT2D eigenvalue weighted by molar-refractivity contribution is 9.11. The van der Waals surface area contributed by atoms with Crippen LogP contribution in [0.2, 0.25) is 0 Å². The predicted molar refractivity (Wildman–Crippen MR) is 51.8 cm³/mol. The highest BCUT2D eigenvalue weighted by Crippen LogP contribution is 2.28. The number of Topliss-reactive ketones (excluding diaryl/α,β-unsaturated/α-hetero) is 1. The van der Waals surface area contributed by atoms with Gasteiger partial charge in [0.2, 0.25) is 0 Å². The third-order valence-electron chi connectivity index (χ3n) is 1.40. The molecule has 1 nitrogen and oxygen atoms in total. The number of hydrogen-bond donors (Lipinski definition) is 0. The van der Waals surface area contributed by atoms with E-state index in [-0.39, 0.29) is 10.3 Å². The van der Waals surface area contributed by atoms with Gasteiger partial charge in [0.1, 0.15) is 5.82 Å². The fourth-order valence-corrected chi connectivity index (χ4v) is 2.35. The summed E-state index contributed by atoms with van der Waals surface area (Å²) in [5, 5.41) is 0. The first-order chi connectivity index (χ1) is 5.54. The summed E-state index contributed by atoms with van der Waals surface area (Å²) in [4.78, 5) is 11.0. The minimum Gasteiger partial charge on any atom is -0.294 e. The lowest BCUT2D eigenvalue weighted by Gasteiger charge is -2.03. The molecule has 0 aromatic heterocycles. The van der Waals surface area contributed by atoms with Crippen molar-refractivity contribution in [2.45, 2.75) is 6.92 Å². The van der Waals surface area contributed by atoms with Crippen LogP contribution in [0.4, 0.5) is 4.39 Å². The van der Waals surface area contributed by atoms with E-state index in [1.807, 2.05) is 0 Å². The zero-order chi connectivity index (χ0) is 9.30. The van der Waals surface area contributed by atoms with Crippen LogP contribution in [0.1, 0.15) is 17.3 Å². The van der Waals surface area contributed by atoms with Crippen LogP contribution < -0.4 is 0 Å². The third-order valence-corrected chi connectivity index (χ3v) is 2.83. The molecule has 0 spiro atoms. The van der Waals surface area contributed by atoms with Gasteiger partial charge in [-0.3, -0.25) is 4.79 Å². The van der Waals surface area contributed by atoms with Crippen LogP contribution in [0.15, 0.2) is 21.1 Å². The molecule has 0 saturated carbocycles. The molecule has 0 unspecified atom stereocenters. The van der Waals surface area contributed by atoms with E-state index >= 15 is 0 Å². The number of carbonyl (C=O) groups is 1. The summed E-state index contributed by atoms with van der Waals surface area (Å²) in [5.74, 6) is -0.600. The molecule has 0 saturated heterocycles. The molecule has 64 valence electrons. The summed E-state index contributed by atoms with van der Waals surface area (Å²) in [7, 11) is 0. The summed E-state index contributed by atoms with van der Waals surface area (Å²) in [6, 6.07) is 2.80. The first-order valence-electron chi connectivity index (χ1n) is 3.18. The number of benzene rings is 1. The molecule has 1 aromatic carbocycles. The average Bonchev–Trinajstić information content (AvgIpc) is 1.97. The van der Waals surface area contributed by atoms with E-state index in [9.17, 15) is 9.18 Å². The maximum absolute atomic E-state index is 12.9. The largest absolute Gasteiger partial charge is 0.294 e. The van der Waals surface area contributed by atoms with E-state index in [1.165, 1.54) is 19.1 Å². The molecule has 0 fully saturated rings. The van der Waals surface area contributed by atoms with Gasteiger partial charge in [0.25, 0.3) is 0 Å². The van der Waals surface area contributed by atoms with Crippen LogP contribution in [0.25, 0.3) is 0 Å². The van der Waals surface area contributed by atoms with Gasteiger partial charge >= 0.3 is 0 Å². The van der Waals surface area contributed by atoms with E-state index < -0.39 is 5.82 Å². The Morgan fingerprint density at radius 2 is 2.00 bits per heavy atom. The van der Waals surface area contributed by atoms with E-state index in [0.29, 0.717) is 10.0 Å². The Hall–Kier alpha value is -0.220. The maximum Gasteiger partial charge on any atom is 0.162 e. The Morgan fingerprint density at radius 1 is 1.42 bits per heavy atom. The molecule has 12 heavy (non-hydrogen) atoms. The zero-order valence-corrected chi connectivity index (χ0v) is 9.37. The zero-order valence-electron chi connectivity index (χ0n) is 6.20. The molecule has 0 heterocycles. The van der Waals surface area contributed by atoms with Gasteiger partial charge in [0.15, 0.2) is 5.78 Å². The fraction of sp³-hybridized carbons (Fsp3) is 0.125. The van der Waals surface area contributed by atoms with Crippen LogP contribution >= 0.6 is 31.9 Å². The Morgan fingerprint density at radius 3 is 2.42 bits per heavy atom. The molecule has 0 aliphatic heterocycles. The Bertz CT molecular complexity index is 336. The minimum absolute atomic E-state index is 0.173. The van der Waals surface area contributed by atoms with Gasteiger partial charge in [-0.1, -0.05) is 15.9 Å². The molecule has 4 heteroatoms. The van der Waals surface area contributed by atoms with Crippen molar-refractivity contribution in [1.82, 2.24) is 0 Å². The van der Waals surface area contributed by atoms with Crippen molar-refractivity contribution in [3.8, 4) is 0 Å². The molecule has 1 aromatic rings. The molecule has 0 radical (unpaired) electrons. The number of carbonyl (C=O) groups excluding carboxylic acids is 1. The van der Waals surface area contributed by atoms with Gasteiger partial charge < -0.3 is 0 Å². The van der Waals surface area contributed by atoms with Gasteiger partial charge in [0.05, 0.1) is 4.47 Å². The molecule has 0 aliphatic rings. The van der Waals surface area contributed by atoms with Crippen LogP contribution in [-0.2, 0) is 0 Å². The molecule has 0 amide bonds. The monoisotopic (exact) mass is 294 g/mol. The van der Waals surface area contributed by atoms with Crippen LogP contribution in [0.3, 0.4) is 0 Å². The van der Waals surface area contributed by atoms with Gasteiger partial charge in [0, 0.05) is 10.0 Å². The van der Waals surface area contributed by atoms with Crippen molar-refractivity contribution in [1.29, 1.82) is 0 Å². The Kier molecular flexibility index (Phi) is 3.01. The predicted octanol–water partition coefficient (Wildman–Crippen LogP) is 3.55. The van der Waals surface area contributed by atoms with Gasteiger partial charge in [-0.25, -0.2) is 4.39 Å². The second-order valence-electron chi connectivity index (χ2n) is 2.27. The molecule has 0 bridgehead atoms. The SMILES string of the molecule is CC(=O)c1c(Br)ccc(F)c1Br. The number of ketones is 1. The van der Waals surface area contributed by atoms with Crippen LogP contribution in [0, 0.1) is 5.82 Å². The second-order valence-corrected chi connectivity index (χ2v) is 3.92. The number of halogens is 3. The molecule has 0 atom stereocenters. The molecule has 0 aliphatic carbocycles. The summed E-state index contributed by atoms with van der Waals surface area (Å²) >= 11 is 6.17. The van der Waals surface area contributed by atoms with Crippen molar-refractivity contribution in [3.63, 3.8) is 0 Å². The summed E-state index contributed by atoms with van der Waals surface area (Å²) < 4.78 is 13.7. The quantitative estimate of drug-likeness (QED) is 0.572. The smallest absolute Gasteiger partial charge is 0.162 e. The van der Waals surface area contributed by atoms with Gasteiger partial charge in [-0.2, -0.15) is 0 Å². The number of rotatable bonds is 1. The normalized spacial score (nSPS) is 10.0. The second kappa shape index (κ2) is 3.66. The summed E-state index contributed by atoms with van der Waals surface area (Å²) in [6.45, 7) is 1.39. The highest BCUT2D eigenvalue weighted by Gasteiger charge is 2.12. The van der Waals surface area contributed by atoms with Crippen molar-refractivity contribution in [3.05, 3.63) is 32.5 Å². The van der Waals surface area contributed by atoms with E-state index in [1.54, 1.807) is 0 Å². The van der Waals surface area contributed by atoms with Crippen molar-refractivity contribution in [2.75, 3.05) is 0 Å². The van der Waals surface area contributed by atoms with Crippen molar-refractivity contribution < 1.29 is 9.18 Å². The summed E-state index contributed by atoms with van der Waals surface area (Å²) in [5.41, 5.74) is 0.343. The highest BCUT2D eigenvalue weighted by atomic mass is 79.9. The molecule has 1 rings (SSSR count). The minimum atomic E-state index is -0.427. The van der Waals surface area contributed by atoms with E-state index in [4.69, 9.17) is 0 Å². The van der Waals surface area contributed by atoms with E-state index in [0.717, 1.165) is 0 Å². The van der Waals surface area contributed by atoms with E-state index in [2.05, 4.69) is 31.9 Å². The maximum atomic E-state index is 12.9. The van der Waals surface area contributed by atoms with Crippen molar-refractivity contribution >= 4 is 37.6 Å². The fourth-order valence-electron chi connectivity index (χ4n) is 0.850. The lowest BCUT2D eigenvalue weighted by Crippen LogP contribution is -1.97. The first-order valence-corrected chi connectivity index (χ1v) is 4.77. The molecule has 0 N–H and O–H groups in total. The number of hydrogen-bond acceptors (Lipinski definition) is 1.